The second-order valence-corrected chi connectivity index (χ2v) is 7.57. The Morgan fingerprint density at radius 2 is 2.16 bits per heavy atom. The molecule has 0 saturated carbocycles. The van der Waals surface area contributed by atoms with Crippen molar-refractivity contribution in [1.82, 2.24) is 9.88 Å². The molecule has 2 rings (SSSR count). The fourth-order valence-electron chi connectivity index (χ4n) is 2.54. The maximum Gasteiger partial charge on any atom is 0.227 e. The first-order valence-electron chi connectivity index (χ1n) is 6.39. The van der Waals surface area contributed by atoms with E-state index in [-0.39, 0.29) is 23.5 Å². The van der Waals surface area contributed by atoms with Crippen LogP contribution in [0.1, 0.15) is 23.4 Å². The Kier molecular flexibility index (Phi) is 3.71. The van der Waals surface area contributed by atoms with Gasteiger partial charge in [-0.3, -0.25) is 4.79 Å². The maximum atomic E-state index is 12.2. The van der Waals surface area contributed by atoms with E-state index in [2.05, 4.69) is 4.98 Å². The molecule has 5 nitrogen and oxygen atoms in total. The molecule has 2 heterocycles. The number of hydrogen-bond acceptors (Lipinski definition) is 3. The fraction of sp³-hybridized carbons (Fsp3) is 0.615. The zero-order chi connectivity index (χ0) is 14.2. The Labute approximate surface area is 113 Å². The van der Waals surface area contributed by atoms with Crippen LogP contribution >= 0.6 is 0 Å². The second-order valence-electron chi connectivity index (χ2n) is 5.34. The van der Waals surface area contributed by atoms with Gasteiger partial charge in [0.2, 0.25) is 5.91 Å². The zero-order valence-corrected chi connectivity index (χ0v) is 12.4. The average Bonchev–Trinajstić information content (AvgIpc) is 2.81. The summed E-state index contributed by atoms with van der Waals surface area (Å²) in [5, 5.41) is 0. The molecule has 0 spiro atoms. The molecule has 0 radical (unpaired) electrons. The highest BCUT2D eigenvalue weighted by Gasteiger charge is 2.32. The molecule has 1 N–H and O–H groups in total. The number of aromatic nitrogens is 1. The Morgan fingerprint density at radius 3 is 2.63 bits per heavy atom. The molecule has 1 fully saturated rings. The molecule has 19 heavy (non-hydrogen) atoms. The SMILES string of the molecule is Cc1cc(CC(=O)N(C)C2CCS(=O)(=O)C2)c(C)[nH]1. The van der Waals surface area contributed by atoms with Crippen LogP contribution in [0.3, 0.4) is 0 Å². The average molecular weight is 284 g/mol. The van der Waals surface area contributed by atoms with Crippen LogP contribution in [0.5, 0.6) is 0 Å². The van der Waals surface area contributed by atoms with Crippen LogP contribution in [0.25, 0.3) is 0 Å². The number of aryl methyl sites for hydroxylation is 2. The third-order valence-electron chi connectivity index (χ3n) is 3.75. The topological polar surface area (TPSA) is 70.2 Å². The molecule has 1 unspecified atom stereocenters. The zero-order valence-electron chi connectivity index (χ0n) is 11.6. The Bertz CT molecular complexity index is 589. The summed E-state index contributed by atoms with van der Waals surface area (Å²) in [6.45, 7) is 3.89. The van der Waals surface area contributed by atoms with Crippen LogP contribution in [0, 0.1) is 13.8 Å². The fourth-order valence-corrected chi connectivity index (χ4v) is 4.31. The van der Waals surface area contributed by atoms with Crippen molar-refractivity contribution in [2.24, 2.45) is 0 Å². The first kappa shape index (κ1) is 14.1. The third kappa shape index (κ3) is 3.18. The van der Waals surface area contributed by atoms with E-state index in [4.69, 9.17) is 0 Å². The normalized spacial score (nSPS) is 21.5. The van der Waals surface area contributed by atoms with Gasteiger partial charge in [0.1, 0.15) is 0 Å². The third-order valence-corrected chi connectivity index (χ3v) is 5.50. The molecule has 1 aromatic heterocycles. The van der Waals surface area contributed by atoms with Crippen molar-refractivity contribution in [3.63, 3.8) is 0 Å². The number of rotatable bonds is 3. The lowest BCUT2D eigenvalue weighted by Gasteiger charge is -2.23. The molecule has 6 heteroatoms. The van der Waals surface area contributed by atoms with Crippen molar-refractivity contribution in [2.75, 3.05) is 18.6 Å². The molecule has 1 aliphatic heterocycles. The highest BCUT2D eigenvalue weighted by atomic mass is 32.2. The number of hydrogen-bond donors (Lipinski definition) is 1. The molecule has 106 valence electrons. The molecule has 1 atom stereocenters. The van der Waals surface area contributed by atoms with E-state index < -0.39 is 9.84 Å². The van der Waals surface area contributed by atoms with Gasteiger partial charge in [0, 0.05) is 24.5 Å². The van der Waals surface area contributed by atoms with E-state index in [1.165, 1.54) is 0 Å². The Hall–Kier alpha value is -1.30. The molecule has 1 aromatic rings. The standard InChI is InChI=1S/C13H20N2O3S/c1-9-6-11(10(2)14-9)7-13(16)15(3)12-4-5-19(17,18)8-12/h6,12,14H,4-5,7-8H2,1-3H3. The van der Waals surface area contributed by atoms with E-state index in [9.17, 15) is 13.2 Å². The van der Waals surface area contributed by atoms with Crippen LogP contribution < -0.4 is 0 Å². The molecule has 1 amide bonds. The van der Waals surface area contributed by atoms with Crippen molar-refractivity contribution in [3.8, 4) is 0 Å². The summed E-state index contributed by atoms with van der Waals surface area (Å²) in [5.41, 5.74) is 3.01. The molecular weight excluding hydrogens is 264 g/mol. The van der Waals surface area contributed by atoms with E-state index >= 15 is 0 Å². The van der Waals surface area contributed by atoms with E-state index in [1.54, 1.807) is 11.9 Å². The van der Waals surface area contributed by atoms with Crippen LogP contribution in [-0.4, -0.2) is 48.8 Å². The van der Waals surface area contributed by atoms with Crippen molar-refractivity contribution < 1.29 is 13.2 Å². The molecule has 1 saturated heterocycles. The van der Waals surface area contributed by atoms with Gasteiger partial charge in [0.15, 0.2) is 9.84 Å². The summed E-state index contributed by atoms with van der Waals surface area (Å²) in [6.07, 6.45) is 0.874. The van der Waals surface area contributed by atoms with Gasteiger partial charge < -0.3 is 9.88 Å². The molecule has 1 aliphatic rings. The summed E-state index contributed by atoms with van der Waals surface area (Å²) in [7, 11) is -1.25. The van der Waals surface area contributed by atoms with Crippen molar-refractivity contribution >= 4 is 15.7 Å². The smallest absolute Gasteiger partial charge is 0.227 e. The lowest BCUT2D eigenvalue weighted by atomic mass is 10.1. The minimum absolute atomic E-state index is 0.0239. The minimum Gasteiger partial charge on any atom is -0.362 e. The Morgan fingerprint density at radius 1 is 1.47 bits per heavy atom. The number of nitrogens with zero attached hydrogens (tertiary/aromatic N) is 1. The largest absolute Gasteiger partial charge is 0.362 e. The molecule has 0 aromatic carbocycles. The highest BCUT2D eigenvalue weighted by molar-refractivity contribution is 7.91. The molecule has 0 bridgehead atoms. The van der Waals surface area contributed by atoms with E-state index in [1.807, 2.05) is 19.9 Å². The monoisotopic (exact) mass is 284 g/mol. The predicted octanol–water partition coefficient (Wildman–Crippen LogP) is 0.820. The summed E-state index contributed by atoms with van der Waals surface area (Å²) in [6, 6.07) is 1.80. The molecular formula is C13H20N2O3S. The van der Waals surface area contributed by atoms with Gasteiger partial charge in [-0.05, 0) is 31.9 Å². The van der Waals surface area contributed by atoms with Gasteiger partial charge in [-0.1, -0.05) is 0 Å². The maximum absolute atomic E-state index is 12.2. The molecule has 0 aliphatic carbocycles. The van der Waals surface area contributed by atoms with Crippen LogP contribution in [0.4, 0.5) is 0 Å². The number of aromatic amines is 1. The van der Waals surface area contributed by atoms with Crippen molar-refractivity contribution in [1.29, 1.82) is 0 Å². The van der Waals surface area contributed by atoms with Crippen molar-refractivity contribution in [2.45, 2.75) is 32.7 Å². The highest BCUT2D eigenvalue weighted by Crippen LogP contribution is 2.18. The lowest BCUT2D eigenvalue weighted by Crippen LogP contribution is -2.38. The summed E-state index contributed by atoms with van der Waals surface area (Å²) < 4.78 is 22.9. The predicted molar refractivity (Wildman–Crippen MR) is 73.8 cm³/mol. The number of amides is 1. The second kappa shape index (κ2) is 5.00. The number of carbonyl (C=O) groups is 1. The quantitative estimate of drug-likeness (QED) is 0.893. The first-order valence-corrected chi connectivity index (χ1v) is 8.22. The van der Waals surface area contributed by atoms with E-state index in [0.29, 0.717) is 12.8 Å². The van der Waals surface area contributed by atoms with Gasteiger partial charge in [-0.15, -0.1) is 0 Å². The van der Waals surface area contributed by atoms with Gasteiger partial charge >= 0.3 is 0 Å². The lowest BCUT2D eigenvalue weighted by molar-refractivity contribution is -0.130. The summed E-state index contributed by atoms with van der Waals surface area (Å²) in [4.78, 5) is 16.9. The number of H-pyrrole nitrogens is 1. The minimum atomic E-state index is -2.95. The van der Waals surface area contributed by atoms with Crippen LogP contribution in [0.15, 0.2) is 6.07 Å². The number of sulfone groups is 1. The number of nitrogens with one attached hydrogen (secondary N) is 1. The van der Waals surface area contributed by atoms with E-state index in [0.717, 1.165) is 17.0 Å². The Balaban J connectivity index is 2.02. The number of likely N-dealkylation sites (N-methyl/N-ethyl adjacent to an activating group) is 1. The summed E-state index contributed by atoms with van der Waals surface area (Å²) >= 11 is 0. The number of carbonyl (C=O) groups excluding carboxylic acids is 1. The first-order chi connectivity index (χ1) is 8.78. The van der Waals surface area contributed by atoms with Gasteiger partial charge in [0.05, 0.1) is 17.9 Å². The van der Waals surface area contributed by atoms with Gasteiger partial charge in [-0.2, -0.15) is 0 Å². The van der Waals surface area contributed by atoms with Crippen LogP contribution in [0.2, 0.25) is 0 Å². The van der Waals surface area contributed by atoms with Gasteiger partial charge in [0.25, 0.3) is 0 Å². The van der Waals surface area contributed by atoms with Gasteiger partial charge in [-0.25, -0.2) is 8.42 Å². The summed E-state index contributed by atoms with van der Waals surface area (Å²) in [5.74, 6) is 0.266. The van der Waals surface area contributed by atoms with Crippen LogP contribution in [-0.2, 0) is 21.1 Å². The van der Waals surface area contributed by atoms with Crippen molar-refractivity contribution in [3.05, 3.63) is 23.0 Å².